The summed E-state index contributed by atoms with van der Waals surface area (Å²) in [5.41, 5.74) is 3.51. The Balaban J connectivity index is 1.62. The summed E-state index contributed by atoms with van der Waals surface area (Å²) < 4.78 is 12.5. The topological polar surface area (TPSA) is 98.3 Å². The normalized spacial score (nSPS) is 11.4. The average molecular weight is 509 g/mol. The molecule has 0 radical (unpaired) electrons. The summed E-state index contributed by atoms with van der Waals surface area (Å²) in [6.45, 7) is 2.70. The van der Waals surface area contributed by atoms with Crippen LogP contribution in [0, 0.1) is 0 Å². The lowest BCUT2D eigenvalue weighted by Crippen LogP contribution is -1.99. The second-order valence-electron chi connectivity index (χ2n) is 8.87. The molecule has 0 aliphatic carbocycles. The van der Waals surface area contributed by atoms with Crippen molar-refractivity contribution in [2.24, 2.45) is 10.2 Å². The number of fused-ring (bicyclic) bond motifs is 2. The summed E-state index contributed by atoms with van der Waals surface area (Å²) in [4.78, 5) is 18.3. The first-order valence-corrected chi connectivity index (χ1v) is 12.4. The van der Waals surface area contributed by atoms with Gasteiger partial charge in [0.05, 0.1) is 36.5 Å². The molecule has 0 atom stereocenters. The zero-order valence-corrected chi connectivity index (χ0v) is 21.5. The molecule has 2 aromatic heterocycles. The second-order valence-corrected chi connectivity index (χ2v) is 8.87. The highest BCUT2D eigenvalue weighted by atomic mass is 16.5. The number of carbonyl (C=O) groups is 1. The smallest absolute Gasteiger partial charge is 0.296 e. The Labute approximate surface area is 220 Å². The number of methoxy groups -OCH3 is 2. The number of pyridine rings is 1. The molecule has 0 fully saturated rings. The molecule has 0 saturated carbocycles. The molecular formula is C30H28N4O4. The van der Waals surface area contributed by atoms with Gasteiger partial charge in [0.25, 0.3) is 5.91 Å². The van der Waals surface area contributed by atoms with Crippen molar-refractivity contribution in [3.63, 3.8) is 0 Å². The summed E-state index contributed by atoms with van der Waals surface area (Å²) in [5, 5.41) is 20.6. The van der Waals surface area contributed by atoms with Gasteiger partial charge in [-0.2, -0.15) is 0 Å². The lowest BCUT2D eigenvalue weighted by molar-refractivity contribution is 0.0996. The molecule has 0 unspecified atom stereocenters. The van der Waals surface area contributed by atoms with E-state index in [0.29, 0.717) is 45.6 Å². The third-order valence-corrected chi connectivity index (χ3v) is 6.51. The predicted octanol–water partition coefficient (Wildman–Crippen LogP) is 7.30. The molecule has 2 heterocycles. The minimum atomic E-state index is -0.556. The van der Waals surface area contributed by atoms with Crippen molar-refractivity contribution in [1.29, 1.82) is 0 Å². The molecule has 0 aliphatic heterocycles. The molecule has 192 valence electrons. The molecule has 1 amide bonds. The van der Waals surface area contributed by atoms with Gasteiger partial charge >= 0.3 is 0 Å². The summed E-state index contributed by atoms with van der Waals surface area (Å²) >= 11 is 0. The lowest BCUT2D eigenvalue weighted by Gasteiger charge is -2.09. The highest BCUT2D eigenvalue weighted by Gasteiger charge is 2.19. The van der Waals surface area contributed by atoms with Crippen LogP contribution in [0.2, 0.25) is 0 Å². The van der Waals surface area contributed by atoms with Gasteiger partial charge in [0, 0.05) is 22.9 Å². The zero-order chi connectivity index (χ0) is 26.6. The van der Waals surface area contributed by atoms with Gasteiger partial charge < -0.3 is 19.1 Å². The van der Waals surface area contributed by atoms with E-state index in [9.17, 15) is 9.90 Å². The van der Waals surface area contributed by atoms with Crippen LogP contribution in [0.1, 0.15) is 30.1 Å². The summed E-state index contributed by atoms with van der Waals surface area (Å²) in [5.74, 6) is 0.623. The molecule has 0 aliphatic rings. The van der Waals surface area contributed by atoms with Crippen LogP contribution in [-0.2, 0) is 6.54 Å². The Hall–Kier alpha value is -4.72. The number of amides is 1. The number of aryl methyl sites for hydroxylation is 1. The number of ether oxygens (including phenoxy) is 2. The van der Waals surface area contributed by atoms with Crippen LogP contribution in [-0.4, -0.2) is 34.8 Å². The van der Waals surface area contributed by atoms with Crippen molar-refractivity contribution in [3.8, 4) is 28.6 Å². The lowest BCUT2D eigenvalue weighted by atomic mass is 10.0. The fourth-order valence-corrected chi connectivity index (χ4v) is 4.49. The predicted molar refractivity (Wildman–Crippen MR) is 148 cm³/mol. The zero-order valence-electron chi connectivity index (χ0n) is 21.5. The van der Waals surface area contributed by atoms with E-state index in [-0.39, 0.29) is 11.6 Å². The molecule has 38 heavy (non-hydrogen) atoms. The van der Waals surface area contributed by atoms with E-state index in [0.717, 1.165) is 23.9 Å². The minimum Gasteiger partial charge on any atom is -0.497 e. The van der Waals surface area contributed by atoms with Crippen molar-refractivity contribution < 1.29 is 19.4 Å². The Morgan fingerprint density at radius 3 is 2.37 bits per heavy atom. The molecule has 5 rings (SSSR count). The Bertz CT molecular complexity index is 1660. The fourth-order valence-electron chi connectivity index (χ4n) is 4.49. The Kier molecular flexibility index (Phi) is 7.04. The van der Waals surface area contributed by atoms with Gasteiger partial charge in [0.2, 0.25) is 5.88 Å². The Morgan fingerprint density at radius 1 is 0.947 bits per heavy atom. The first kappa shape index (κ1) is 25.0. The third-order valence-electron chi connectivity index (χ3n) is 6.51. The fraction of sp³-hybridized carbons (Fsp3) is 0.200. The minimum absolute atomic E-state index is 0.0375. The van der Waals surface area contributed by atoms with Gasteiger partial charge in [-0.1, -0.05) is 43.7 Å². The summed E-state index contributed by atoms with van der Waals surface area (Å²) in [6, 6.07) is 22.2. The molecule has 3 aromatic carbocycles. The van der Waals surface area contributed by atoms with Gasteiger partial charge in [0.15, 0.2) is 5.69 Å². The maximum absolute atomic E-state index is 13.5. The van der Waals surface area contributed by atoms with Gasteiger partial charge in [-0.25, -0.2) is 4.98 Å². The molecule has 0 saturated heterocycles. The molecular weight excluding hydrogens is 480 g/mol. The number of azo groups is 1. The van der Waals surface area contributed by atoms with E-state index in [2.05, 4.69) is 17.2 Å². The van der Waals surface area contributed by atoms with Crippen LogP contribution in [0.15, 0.2) is 83.0 Å². The van der Waals surface area contributed by atoms with Crippen LogP contribution in [0.5, 0.6) is 17.4 Å². The number of unbranched alkanes of at least 4 members (excludes halogenated alkanes) is 1. The SMILES string of the molecule is CCCCn1c(O)c(N=NC(=O)c2cc(-c3ccccc3)nc3ccc(OC)cc23)c2cc(OC)ccc21. The number of benzene rings is 3. The van der Waals surface area contributed by atoms with Crippen molar-refractivity contribution in [3.05, 3.63) is 78.4 Å². The van der Waals surface area contributed by atoms with Crippen LogP contribution >= 0.6 is 0 Å². The van der Waals surface area contributed by atoms with Crippen molar-refractivity contribution in [2.45, 2.75) is 26.3 Å². The van der Waals surface area contributed by atoms with E-state index in [1.165, 1.54) is 0 Å². The summed E-state index contributed by atoms with van der Waals surface area (Å²) in [6.07, 6.45) is 1.85. The number of carbonyl (C=O) groups excluding carboxylic acids is 1. The second kappa shape index (κ2) is 10.7. The number of aromatic hydroxyl groups is 1. The molecule has 8 heteroatoms. The van der Waals surface area contributed by atoms with E-state index in [1.54, 1.807) is 43.1 Å². The van der Waals surface area contributed by atoms with Crippen molar-refractivity contribution >= 4 is 33.4 Å². The number of aromatic nitrogens is 2. The van der Waals surface area contributed by atoms with E-state index >= 15 is 0 Å². The quantitative estimate of drug-likeness (QED) is 0.222. The number of hydrogen-bond donors (Lipinski definition) is 1. The monoisotopic (exact) mass is 508 g/mol. The first-order chi connectivity index (χ1) is 18.5. The van der Waals surface area contributed by atoms with Crippen molar-refractivity contribution in [1.82, 2.24) is 9.55 Å². The molecule has 5 aromatic rings. The van der Waals surface area contributed by atoms with E-state index in [4.69, 9.17) is 14.5 Å². The number of rotatable bonds is 8. The third kappa shape index (κ3) is 4.68. The summed E-state index contributed by atoms with van der Waals surface area (Å²) in [7, 11) is 3.15. The van der Waals surface area contributed by atoms with Crippen LogP contribution in [0.25, 0.3) is 33.1 Å². The van der Waals surface area contributed by atoms with E-state index < -0.39 is 5.91 Å². The van der Waals surface area contributed by atoms with Crippen LogP contribution in [0.3, 0.4) is 0 Å². The van der Waals surface area contributed by atoms with Gasteiger partial charge in [-0.05, 0) is 48.9 Å². The highest BCUT2D eigenvalue weighted by molar-refractivity contribution is 6.08. The van der Waals surface area contributed by atoms with Gasteiger partial charge in [-0.15, -0.1) is 10.2 Å². The van der Waals surface area contributed by atoms with Gasteiger partial charge in [0.1, 0.15) is 11.5 Å². The Morgan fingerprint density at radius 2 is 1.66 bits per heavy atom. The van der Waals surface area contributed by atoms with Crippen molar-refractivity contribution in [2.75, 3.05) is 14.2 Å². The number of nitrogens with zero attached hydrogens (tertiary/aromatic N) is 4. The molecule has 0 spiro atoms. The largest absolute Gasteiger partial charge is 0.497 e. The number of hydrogen-bond acceptors (Lipinski definition) is 6. The van der Waals surface area contributed by atoms with E-state index in [1.807, 2.05) is 48.5 Å². The molecule has 1 N–H and O–H groups in total. The maximum Gasteiger partial charge on any atom is 0.296 e. The first-order valence-electron chi connectivity index (χ1n) is 12.4. The van der Waals surface area contributed by atoms with Gasteiger partial charge in [-0.3, -0.25) is 4.79 Å². The average Bonchev–Trinajstić information content (AvgIpc) is 3.23. The maximum atomic E-state index is 13.5. The standard InChI is InChI=1S/C30H28N4O4/c1-4-5-15-34-27-14-12-21(38-3)17-24(27)28(30(34)36)32-33-29(35)23-18-26(19-9-7-6-8-10-19)31-25-13-11-20(37-2)16-22(23)25/h6-14,16-18,36H,4-5,15H2,1-3H3. The van der Waals surface area contributed by atoms with Crippen LogP contribution in [0.4, 0.5) is 5.69 Å². The van der Waals surface area contributed by atoms with Crippen LogP contribution < -0.4 is 9.47 Å². The molecule has 8 nitrogen and oxygen atoms in total. The molecule has 0 bridgehead atoms. The highest BCUT2D eigenvalue weighted by Crippen LogP contribution is 2.41.